The number of hydrogen-bond acceptors (Lipinski definition) is 3. The molecule has 0 saturated heterocycles. The van der Waals surface area contributed by atoms with Crippen molar-refractivity contribution in [2.45, 2.75) is 19.9 Å². The molecule has 0 aliphatic heterocycles. The summed E-state index contributed by atoms with van der Waals surface area (Å²) in [5.41, 5.74) is 1.81. The standard InChI is InChI=1S/C13H19NO2/c1-4-9-16-13(15)12-7-5-11(6-8-12)10-14(2)3/h5-8H,4,9-10H2,1-3H3. The van der Waals surface area contributed by atoms with Crippen LogP contribution in [0.5, 0.6) is 0 Å². The van der Waals surface area contributed by atoms with Crippen LogP contribution in [0.25, 0.3) is 0 Å². The molecule has 1 rings (SSSR count). The summed E-state index contributed by atoms with van der Waals surface area (Å²) in [7, 11) is 4.03. The first kappa shape index (κ1) is 12.7. The number of rotatable bonds is 5. The highest BCUT2D eigenvalue weighted by Gasteiger charge is 2.06. The Morgan fingerprint density at radius 1 is 1.25 bits per heavy atom. The zero-order chi connectivity index (χ0) is 12.0. The zero-order valence-corrected chi connectivity index (χ0v) is 10.2. The minimum Gasteiger partial charge on any atom is -0.462 e. The lowest BCUT2D eigenvalue weighted by molar-refractivity contribution is 0.0505. The number of benzene rings is 1. The first-order valence-corrected chi connectivity index (χ1v) is 5.54. The number of carbonyl (C=O) groups excluding carboxylic acids is 1. The van der Waals surface area contributed by atoms with E-state index in [0.717, 1.165) is 13.0 Å². The first-order chi connectivity index (χ1) is 7.63. The van der Waals surface area contributed by atoms with Gasteiger partial charge in [-0.15, -0.1) is 0 Å². The Morgan fingerprint density at radius 3 is 2.38 bits per heavy atom. The smallest absolute Gasteiger partial charge is 0.338 e. The van der Waals surface area contributed by atoms with Gasteiger partial charge < -0.3 is 9.64 Å². The quantitative estimate of drug-likeness (QED) is 0.715. The Bertz CT molecular complexity index is 330. The average molecular weight is 221 g/mol. The molecule has 0 saturated carbocycles. The molecule has 0 amide bonds. The maximum absolute atomic E-state index is 11.5. The maximum Gasteiger partial charge on any atom is 0.338 e. The molecule has 1 aromatic carbocycles. The van der Waals surface area contributed by atoms with Crippen LogP contribution in [0.15, 0.2) is 24.3 Å². The number of carbonyl (C=O) groups is 1. The van der Waals surface area contributed by atoms with E-state index in [2.05, 4.69) is 4.90 Å². The van der Waals surface area contributed by atoms with Crippen LogP contribution >= 0.6 is 0 Å². The molecule has 0 atom stereocenters. The molecule has 3 heteroatoms. The normalized spacial score (nSPS) is 10.5. The molecule has 0 aromatic heterocycles. The Morgan fingerprint density at radius 2 is 1.88 bits per heavy atom. The molecular formula is C13H19NO2. The summed E-state index contributed by atoms with van der Waals surface area (Å²) in [6, 6.07) is 7.55. The molecule has 0 spiro atoms. The minimum absolute atomic E-state index is 0.238. The van der Waals surface area contributed by atoms with Crippen LogP contribution in [0.4, 0.5) is 0 Å². The van der Waals surface area contributed by atoms with Gasteiger partial charge in [0.2, 0.25) is 0 Å². The van der Waals surface area contributed by atoms with Crippen molar-refractivity contribution >= 4 is 5.97 Å². The van der Waals surface area contributed by atoms with Gasteiger partial charge in [0.05, 0.1) is 12.2 Å². The molecule has 0 aliphatic rings. The minimum atomic E-state index is -0.238. The second-order valence-corrected chi connectivity index (χ2v) is 4.07. The van der Waals surface area contributed by atoms with E-state index in [9.17, 15) is 4.79 Å². The number of esters is 1. The monoisotopic (exact) mass is 221 g/mol. The second kappa shape index (κ2) is 6.28. The molecule has 0 radical (unpaired) electrons. The van der Waals surface area contributed by atoms with Crippen LogP contribution in [0.1, 0.15) is 29.3 Å². The van der Waals surface area contributed by atoms with E-state index in [4.69, 9.17) is 4.74 Å². The van der Waals surface area contributed by atoms with Crippen molar-refractivity contribution in [3.05, 3.63) is 35.4 Å². The summed E-state index contributed by atoms with van der Waals surface area (Å²) >= 11 is 0. The van der Waals surface area contributed by atoms with Gasteiger partial charge in [0.25, 0.3) is 0 Å². The van der Waals surface area contributed by atoms with Crippen molar-refractivity contribution in [2.24, 2.45) is 0 Å². The molecule has 3 nitrogen and oxygen atoms in total. The fourth-order valence-electron chi connectivity index (χ4n) is 1.39. The number of hydrogen-bond donors (Lipinski definition) is 0. The van der Waals surface area contributed by atoms with Gasteiger partial charge in [-0.25, -0.2) is 4.79 Å². The molecule has 1 aromatic rings. The lowest BCUT2D eigenvalue weighted by atomic mass is 10.1. The van der Waals surface area contributed by atoms with Crippen LogP contribution in [-0.4, -0.2) is 31.6 Å². The lowest BCUT2D eigenvalue weighted by Gasteiger charge is -2.09. The SMILES string of the molecule is CCCOC(=O)c1ccc(CN(C)C)cc1. The van der Waals surface area contributed by atoms with Crippen LogP contribution in [0.2, 0.25) is 0 Å². The molecule has 0 heterocycles. The molecule has 88 valence electrons. The number of ether oxygens (including phenoxy) is 1. The summed E-state index contributed by atoms with van der Waals surface area (Å²) < 4.78 is 5.05. The summed E-state index contributed by atoms with van der Waals surface area (Å²) in [6.07, 6.45) is 0.852. The van der Waals surface area contributed by atoms with Gasteiger partial charge in [-0.1, -0.05) is 19.1 Å². The van der Waals surface area contributed by atoms with Gasteiger partial charge in [-0.05, 0) is 38.2 Å². The third kappa shape index (κ3) is 4.03. The molecule has 0 unspecified atom stereocenters. The third-order valence-corrected chi connectivity index (χ3v) is 2.13. The fraction of sp³-hybridized carbons (Fsp3) is 0.462. The van der Waals surface area contributed by atoms with Crippen molar-refractivity contribution < 1.29 is 9.53 Å². The van der Waals surface area contributed by atoms with Gasteiger partial charge in [0.15, 0.2) is 0 Å². The Labute approximate surface area is 97.0 Å². The molecule has 0 N–H and O–H groups in total. The van der Waals surface area contributed by atoms with Crippen LogP contribution in [-0.2, 0) is 11.3 Å². The largest absolute Gasteiger partial charge is 0.462 e. The zero-order valence-electron chi connectivity index (χ0n) is 10.2. The molecule has 0 fully saturated rings. The highest BCUT2D eigenvalue weighted by atomic mass is 16.5. The van der Waals surface area contributed by atoms with Crippen molar-refractivity contribution in [2.75, 3.05) is 20.7 Å². The summed E-state index contributed by atoms with van der Waals surface area (Å²) in [4.78, 5) is 13.6. The van der Waals surface area contributed by atoms with Crippen LogP contribution in [0.3, 0.4) is 0 Å². The van der Waals surface area contributed by atoms with Gasteiger partial charge in [0.1, 0.15) is 0 Å². The van der Waals surface area contributed by atoms with E-state index < -0.39 is 0 Å². The van der Waals surface area contributed by atoms with Gasteiger partial charge in [-0.2, -0.15) is 0 Å². The summed E-state index contributed by atoms with van der Waals surface area (Å²) in [5, 5.41) is 0. The average Bonchev–Trinajstić information content (AvgIpc) is 2.26. The van der Waals surface area contributed by atoms with Gasteiger partial charge in [0, 0.05) is 6.54 Å². The van der Waals surface area contributed by atoms with Crippen molar-refractivity contribution in [1.29, 1.82) is 0 Å². The topological polar surface area (TPSA) is 29.5 Å². The Kier molecular flexibility index (Phi) is 4.99. The molecule has 0 aliphatic carbocycles. The first-order valence-electron chi connectivity index (χ1n) is 5.54. The van der Waals surface area contributed by atoms with E-state index in [1.807, 2.05) is 45.3 Å². The number of nitrogens with zero attached hydrogens (tertiary/aromatic N) is 1. The highest BCUT2D eigenvalue weighted by Crippen LogP contribution is 2.07. The van der Waals surface area contributed by atoms with Gasteiger partial charge in [-0.3, -0.25) is 0 Å². The maximum atomic E-state index is 11.5. The summed E-state index contributed by atoms with van der Waals surface area (Å²) in [5.74, 6) is -0.238. The predicted octanol–water partition coefficient (Wildman–Crippen LogP) is 2.32. The van der Waals surface area contributed by atoms with Crippen LogP contribution < -0.4 is 0 Å². The fourth-order valence-corrected chi connectivity index (χ4v) is 1.39. The molecular weight excluding hydrogens is 202 g/mol. The third-order valence-electron chi connectivity index (χ3n) is 2.13. The van der Waals surface area contributed by atoms with E-state index in [0.29, 0.717) is 12.2 Å². The van der Waals surface area contributed by atoms with Crippen LogP contribution in [0, 0.1) is 0 Å². The van der Waals surface area contributed by atoms with E-state index in [1.165, 1.54) is 5.56 Å². The molecule has 0 bridgehead atoms. The van der Waals surface area contributed by atoms with Gasteiger partial charge >= 0.3 is 5.97 Å². The van der Waals surface area contributed by atoms with E-state index in [-0.39, 0.29) is 5.97 Å². The summed E-state index contributed by atoms with van der Waals surface area (Å²) in [6.45, 7) is 3.34. The van der Waals surface area contributed by atoms with E-state index >= 15 is 0 Å². The Hall–Kier alpha value is -1.35. The lowest BCUT2D eigenvalue weighted by Crippen LogP contribution is -2.11. The van der Waals surface area contributed by atoms with E-state index in [1.54, 1.807) is 0 Å². The highest BCUT2D eigenvalue weighted by molar-refractivity contribution is 5.89. The van der Waals surface area contributed by atoms with Crippen molar-refractivity contribution in [3.63, 3.8) is 0 Å². The van der Waals surface area contributed by atoms with Crippen molar-refractivity contribution in [1.82, 2.24) is 4.90 Å². The molecule has 16 heavy (non-hydrogen) atoms. The Balaban J connectivity index is 2.60. The second-order valence-electron chi connectivity index (χ2n) is 4.07. The predicted molar refractivity (Wildman–Crippen MR) is 64.4 cm³/mol. The van der Waals surface area contributed by atoms with Crippen molar-refractivity contribution in [3.8, 4) is 0 Å².